The molecule has 1 heterocycles. The lowest BCUT2D eigenvalue weighted by atomic mass is 9.96. The second kappa shape index (κ2) is 12.5. The number of rotatable bonds is 7. The standard InChI is InChI=1S/C19H29N5O3.2ClH/c1-12(2)17(20)19(27)22-11-16(25)23-14-4-3-5-15(10-14)24-8-6-13(7-9-24)18(21)26;;/h3-5,10,12-13,17H,6-9,11,20H2,1-2H3,(H2,21,26)(H,22,27)(H,23,25);2*1H/t17-;;/m0../s1. The van der Waals surface area contributed by atoms with Gasteiger partial charge in [-0.25, -0.2) is 0 Å². The summed E-state index contributed by atoms with van der Waals surface area (Å²) in [6, 6.07) is 6.86. The molecule has 0 aromatic heterocycles. The second-order valence-electron chi connectivity index (χ2n) is 7.25. The molecule has 1 aromatic carbocycles. The molecule has 6 N–H and O–H groups in total. The summed E-state index contributed by atoms with van der Waals surface area (Å²) >= 11 is 0. The van der Waals surface area contributed by atoms with Crippen LogP contribution < -0.4 is 27.0 Å². The van der Waals surface area contributed by atoms with Gasteiger partial charge in [-0.05, 0) is 37.0 Å². The quantitative estimate of drug-likeness (QED) is 0.499. The summed E-state index contributed by atoms with van der Waals surface area (Å²) in [6.07, 6.45) is 1.46. The molecule has 1 aliphatic heterocycles. The Labute approximate surface area is 183 Å². The van der Waals surface area contributed by atoms with Crippen LogP contribution in [0, 0.1) is 11.8 Å². The van der Waals surface area contributed by atoms with E-state index >= 15 is 0 Å². The fourth-order valence-corrected chi connectivity index (χ4v) is 3.00. The molecule has 0 radical (unpaired) electrons. The average Bonchev–Trinajstić information content (AvgIpc) is 2.65. The predicted molar refractivity (Wildman–Crippen MR) is 120 cm³/mol. The predicted octanol–water partition coefficient (Wildman–Crippen LogP) is 1.27. The van der Waals surface area contributed by atoms with Crippen LogP contribution in [0.5, 0.6) is 0 Å². The van der Waals surface area contributed by atoms with Gasteiger partial charge in [-0.3, -0.25) is 14.4 Å². The molecular formula is C19H31Cl2N5O3. The SMILES string of the molecule is CC(C)[C@H](N)C(=O)NCC(=O)Nc1cccc(N2CCC(C(N)=O)CC2)c1.Cl.Cl. The van der Waals surface area contributed by atoms with Gasteiger partial charge in [-0.1, -0.05) is 19.9 Å². The van der Waals surface area contributed by atoms with E-state index in [1.807, 2.05) is 32.0 Å². The van der Waals surface area contributed by atoms with Crippen molar-refractivity contribution in [2.45, 2.75) is 32.7 Å². The van der Waals surface area contributed by atoms with Crippen LogP contribution in [-0.2, 0) is 14.4 Å². The van der Waals surface area contributed by atoms with E-state index in [0.717, 1.165) is 31.6 Å². The largest absolute Gasteiger partial charge is 0.371 e. The second-order valence-corrected chi connectivity index (χ2v) is 7.25. The first-order valence-corrected chi connectivity index (χ1v) is 9.25. The van der Waals surface area contributed by atoms with Crippen molar-refractivity contribution >= 4 is 53.9 Å². The smallest absolute Gasteiger partial charge is 0.243 e. The van der Waals surface area contributed by atoms with E-state index < -0.39 is 6.04 Å². The topological polar surface area (TPSA) is 131 Å². The molecule has 1 aliphatic rings. The maximum Gasteiger partial charge on any atom is 0.243 e. The number of carbonyl (C=O) groups excluding carboxylic acids is 3. The van der Waals surface area contributed by atoms with Crippen LogP contribution in [0.4, 0.5) is 11.4 Å². The van der Waals surface area contributed by atoms with Gasteiger partial charge in [-0.2, -0.15) is 0 Å². The van der Waals surface area contributed by atoms with E-state index in [4.69, 9.17) is 11.5 Å². The summed E-state index contributed by atoms with van der Waals surface area (Å²) in [7, 11) is 0. The summed E-state index contributed by atoms with van der Waals surface area (Å²) in [6.45, 7) is 5.06. The van der Waals surface area contributed by atoms with E-state index in [1.54, 1.807) is 6.07 Å². The van der Waals surface area contributed by atoms with Crippen molar-refractivity contribution in [3.05, 3.63) is 24.3 Å². The number of nitrogens with one attached hydrogen (secondary N) is 2. The van der Waals surface area contributed by atoms with Crippen LogP contribution in [0.1, 0.15) is 26.7 Å². The molecule has 164 valence electrons. The molecule has 1 atom stereocenters. The van der Waals surface area contributed by atoms with Crippen LogP contribution in [0.3, 0.4) is 0 Å². The Kier molecular flexibility index (Phi) is 11.6. The van der Waals surface area contributed by atoms with E-state index in [9.17, 15) is 14.4 Å². The molecule has 1 fully saturated rings. The highest BCUT2D eigenvalue weighted by atomic mass is 35.5. The summed E-state index contributed by atoms with van der Waals surface area (Å²) in [5, 5.41) is 5.32. The van der Waals surface area contributed by atoms with Crippen molar-refractivity contribution in [2.75, 3.05) is 29.9 Å². The Morgan fingerprint density at radius 1 is 1.17 bits per heavy atom. The van der Waals surface area contributed by atoms with Crippen molar-refractivity contribution < 1.29 is 14.4 Å². The molecule has 8 nitrogen and oxygen atoms in total. The molecule has 0 unspecified atom stereocenters. The van der Waals surface area contributed by atoms with E-state index in [-0.39, 0.29) is 60.9 Å². The highest BCUT2D eigenvalue weighted by molar-refractivity contribution is 5.95. The summed E-state index contributed by atoms with van der Waals surface area (Å²) < 4.78 is 0. The number of hydrogen-bond acceptors (Lipinski definition) is 5. The molecule has 0 saturated carbocycles. The zero-order valence-electron chi connectivity index (χ0n) is 16.7. The van der Waals surface area contributed by atoms with Gasteiger partial charge in [-0.15, -0.1) is 24.8 Å². The first kappa shape index (κ1) is 27.0. The maximum absolute atomic E-state index is 12.1. The van der Waals surface area contributed by atoms with Crippen LogP contribution >= 0.6 is 24.8 Å². The van der Waals surface area contributed by atoms with Gasteiger partial charge in [0, 0.05) is 30.4 Å². The van der Waals surface area contributed by atoms with Crippen LogP contribution in [0.2, 0.25) is 0 Å². The third-order valence-corrected chi connectivity index (χ3v) is 4.84. The summed E-state index contributed by atoms with van der Waals surface area (Å²) in [5.41, 5.74) is 12.7. The normalized spacial score (nSPS) is 15.0. The number of carbonyl (C=O) groups is 3. The van der Waals surface area contributed by atoms with Gasteiger partial charge in [0.05, 0.1) is 12.6 Å². The van der Waals surface area contributed by atoms with Crippen molar-refractivity contribution in [1.82, 2.24) is 5.32 Å². The lowest BCUT2D eigenvalue weighted by Crippen LogP contribution is -2.46. The zero-order chi connectivity index (χ0) is 20.0. The minimum atomic E-state index is -0.635. The number of primary amides is 1. The minimum absolute atomic E-state index is 0. The Bertz CT molecular complexity index is 694. The molecule has 10 heteroatoms. The average molecular weight is 448 g/mol. The number of piperidine rings is 1. The van der Waals surface area contributed by atoms with Gasteiger partial charge in [0.2, 0.25) is 17.7 Å². The number of hydrogen-bond donors (Lipinski definition) is 4. The van der Waals surface area contributed by atoms with Crippen molar-refractivity contribution in [3.8, 4) is 0 Å². The number of halogens is 2. The van der Waals surface area contributed by atoms with Crippen molar-refractivity contribution in [2.24, 2.45) is 23.3 Å². The fourth-order valence-electron chi connectivity index (χ4n) is 3.00. The highest BCUT2D eigenvalue weighted by Crippen LogP contribution is 2.25. The zero-order valence-corrected chi connectivity index (χ0v) is 18.4. The number of benzene rings is 1. The Balaban J connectivity index is 0.00000392. The summed E-state index contributed by atoms with van der Waals surface area (Å²) in [5.74, 6) is -0.960. The Hall–Kier alpha value is -2.03. The van der Waals surface area contributed by atoms with E-state index in [0.29, 0.717) is 5.69 Å². The number of nitrogens with two attached hydrogens (primary N) is 2. The molecule has 0 aliphatic carbocycles. The molecule has 0 spiro atoms. The van der Waals surface area contributed by atoms with Crippen molar-refractivity contribution in [1.29, 1.82) is 0 Å². The van der Waals surface area contributed by atoms with Crippen molar-refractivity contribution in [3.63, 3.8) is 0 Å². The number of anilines is 2. The van der Waals surface area contributed by atoms with Gasteiger partial charge in [0.1, 0.15) is 0 Å². The lowest BCUT2D eigenvalue weighted by Gasteiger charge is -2.32. The first-order chi connectivity index (χ1) is 12.8. The molecular weight excluding hydrogens is 417 g/mol. The monoisotopic (exact) mass is 447 g/mol. The molecule has 29 heavy (non-hydrogen) atoms. The molecule has 1 aromatic rings. The summed E-state index contributed by atoms with van der Waals surface area (Å²) in [4.78, 5) is 37.3. The molecule has 1 saturated heterocycles. The van der Waals surface area contributed by atoms with Gasteiger partial charge >= 0.3 is 0 Å². The van der Waals surface area contributed by atoms with Crippen LogP contribution in [0.25, 0.3) is 0 Å². The van der Waals surface area contributed by atoms with E-state index in [1.165, 1.54) is 0 Å². The highest BCUT2D eigenvalue weighted by Gasteiger charge is 2.23. The third kappa shape index (κ3) is 8.08. The Morgan fingerprint density at radius 2 is 1.79 bits per heavy atom. The maximum atomic E-state index is 12.1. The third-order valence-electron chi connectivity index (χ3n) is 4.84. The lowest BCUT2D eigenvalue weighted by molar-refractivity contribution is -0.125. The number of amides is 3. The van der Waals surface area contributed by atoms with Crippen LogP contribution in [-0.4, -0.2) is 43.4 Å². The van der Waals surface area contributed by atoms with Gasteiger partial charge in [0.15, 0.2) is 0 Å². The van der Waals surface area contributed by atoms with Crippen LogP contribution in [0.15, 0.2) is 24.3 Å². The number of nitrogens with zero attached hydrogens (tertiary/aromatic N) is 1. The van der Waals surface area contributed by atoms with Gasteiger partial charge in [0.25, 0.3) is 0 Å². The molecule has 0 bridgehead atoms. The minimum Gasteiger partial charge on any atom is -0.371 e. The van der Waals surface area contributed by atoms with Gasteiger partial charge < -0.3 is 27.0 Å². The molecule has 2 rings (SSSR count). The Morgan fingerprint density at radius 3 is 2.34 bits per heavy atom. The fraction of sp³-hybridized carbons (Fsp3) is 0.526. The first-order valence-electron chi connectivity index (χ1n) is 9.25. The van der Waals surface area contributed by atoms with E-state index in [2.05, 4.69) is 15.5 Å². The molecule has 3 amide bonds.